The van der Waals surface area contributed by atoms with E-state index in [2.05, 4.69) is 37.9 Å². The van der Waals surface area contributed by atoms with Crippen molar-refractivity contribution in [3.05, 3.63) is 29.8 Å². The molecular weight excluding hydrogens is 274 g/mol. The van der Waals surface area contributed by atoms with Crippen LogP contribution in [0.1, 0.15) is 52.0 Å². The molecule has 1 amide bonds. The molecule has 120 valence electrons. The Morgan fingerprint density at radius 1 is 1.27 bits per heavy atom. The number of hydrogen-bond donors (Lipinski definition) is 1. The molecule has 0 heterocycles. The number of benzene rings is 1. The van der Waals surface area contributed by atoms with E-state index >= 15 is 0 Å². The Kier molecular flexibility index (Phi) is 7.52. The number of carbonyl (C=O) groups is 1. The highest BCUT2D eigenvalue weighted by atomic mass is 16.5. The van der Waals surface area contributed by atoms with Crippen LogP contribution in [0, 0.1) is 17.3 Å². The van der Waals surface area contributed by atoms with Crippen molar-refractivity contribution >= 4 is 5.91 Å². The third-order valence-corrected chi connectivity index (χ3v) is 3.04. The van der Waals surface area contributed by atoms with Gasteiger partial charge in [0, 0.05) is 24.8 Å². The summed E-state index contributed by atoms with van der Waals surface area (Å²) in [6, 6.07) is 7.73. The summed E-state index contributed by atoms with van der Waals surface area (Å²) in [6.45, 7) is 6.85. The molecule has 0 aromatic heterocycles. The van der Waals surface area contributed by atoms with E-state index < -0.39 is 0 Å². The molecule has 0 fully saturated rings. The van der Waals surface area contributed by atoms with Crippen LogP contribution in [0.5, 0.6) is 5.75 Å². The van der Waals surface area contributed by atoms with Gasteiger partial charge in [0.15, 0.2) is 0 Å². The lowest BCUT2D eigenvalue weighted by Crippen LogP contribution is -2.22. The fourth-order valence-corrected chi connectivity index (χ4v) is 1.90. The highest BCUT2D eigenvalue weighted by Crippen LogP contribution is 2.12. The van der Waals surface area contributed by atoms with Crippen LogP contribution in [-0.4, -0.2) is 13.0 Å². The minimum atomic E-state index is 0.0636. The van der Waals surface area contributed by atoms with Gasteiger partial charge in [-0.2, -0.15) is 0 Å². The number of unbranched alkanes of at least 4 members (excludes halogenated alkanes) is 2. The lowest BCUT2D eigenvalue weighted by molar-refractivity contribution is -0.121. The standard InChI is InChI=1S/C19H27NO2/c1-19(2,3)13-8-6-5-7-12-18(21)20-15-16-10-9-11-17(14-16)22-4/h9-11,14H,5-7,12,15H2,1-4H3,(H,20,21). The van der Waals surface area contributed by atoms with Crippen LogP contribution in [0.25, 0.3) is 0 Å². The minimum absolute atomic E-state index is 0.0636. The van der Waals surface area contributed by atoms with Gasteiger partial charge in [0.25, 0.3) is 0 Å². The van der Waals surface area contributed by atoms with Crippen molar-refractivity contribution < 1.29 is 9.53 Å². The maximum Gasteiger partial charge on any atom is 0.220 e. The first-order valence-electron chi connectivity index (χ1n) is 7.80. The van der Waals surface area contributed by atoms with E-state index in [1.54, 1.807) is 7.11 Å². The maximum atomic E-state index is 11.8. The van der Waals surface area contributed by atoms with E-state index in [0.29, 0.717) is 13.0 Å². The Balaban J connectivity index is 2.19. The average molecular weight is 301 g/mol. The van der Waals surface area contributed by atoms with Crippen LogP contribution in [0.3, 0.4) is 0 Å². The van der Waals surface area contributed by atoms with Crippen molar-refractivity contribution in [1.82, 2.24) is 5.32 Å². The number of amides is 1. The number of methoxy groups -OCH3 is 1. The van der Waals surface area contributed by atoms with Gasteiger partial charge < -0.3 is 10.1 Å². The van der Waals surface area contributed by atoms with Gasteiger partial charge in [0.2, 0.25) is 5.91 Å². The topological polar surface area (TPSA) is 38.3 Å². The molecule has 0 aliphatic carbocycles. The molecule has 3 heteroatoms. The van der Waals surface area contributed by atoms with E-state index in [4.69, 9.17) is 4.74 Å². The van der Waals surface area contributed by atoms with Crippen LogP contribution in [0.2, 0.25) is 0 Å². The van der Waals surface area contributed by atoms with Crippen LogP contribution < -0.4 is 10.1 Å². The Morgan fingerprint density at radius 2 is 2.05 bits per heavy atom. The second kappa shape index (κ2) is 9.15. The van der Waals surface area contributed by atoms with E-state index in [9.17, 15) is 4.79 Å². The number of carbonyl (C=O) groups excluding carboxylic acids is 1. The van der Waals surface area contributed by atoms with E-state index in [1.807, 2.05) is 24.3 Å². The molecule has 1 aromatic carbocycles. The first-order chi connectivity index (χ1) is 10.4. The molecule has 0 saturated heterocycles. The summed E-state index contributed by atoms with van der Waals surface area (Å²) in [5.74, 6) is 7.28. The molecule has 1 rings (SSSR count). The SMILES string of the molecule is COc1cccc(CNC(=O)CCCCC#CC(C)(C)C)c1. The summed E-state index contributed by atoms with van der Waals surface area (Å²) < 4.78 is 5.16. The molecule has 0 aliphatic heterocycles. The summed E-state index contributed by atoms with van der Waals surface area (Å²) in [5.41, 5.74) is 1.11. The average Bonchev–Trinajstić information content (AvgIpc) is 2.48. The normalized spacial score (nSPS) is 10.5. The second-order valence-electron chi connectivity index (χ2n) is 6.39. The zero-order valence-corrected chi connectivity index (χ0v) is 14.2. The second-order valence-corrected chi connectivity index (χ2v) is 6.39. The number of hydrogen-bond acceptors (Lipinski definition) is 2. The molecule has 0 atom stereocenters. The fraction of sp³-hybridized carbons (Fsp3) is 0.526. The Labute approximate surface area is 134 Å². The summed E-state index contributed by atoms with van der Waals surface area (Å²) in [6.07, 6.45) is 3.26. The third kappa shape index (κ3) is 8.36. The minimum Gasteiger partial charge on any atom is -0.497 e. The first kappa shape index (κ1) is 18.1. The fourth-order valence-electron chi connectivity index (χ4n) is 1.90. The zero-order chi connectivity index (χ0) is 16.4. The highest BCUT2D eigenvalue weighted by Gasteiger charge is 2.04. The summed E-state index contributed by atoms with van der Waals surface area (Å²) >= 11 is 0. The summed E-state index contributed by atoms with van der Waals surface area (Å²) in [7, 11) is 1.64. The number of ether oxygens (including phenoxy) is 1. The van der Waals surface area contributed by atoms with Crippen molar-refractivity contribution in [2.45, 2.75) is 53.0 Å². The molecule has 0 saturated carbocycles. The predicted molar refractivity (Wildman–Crippen MR) is 90.5 cm³/mol. The highest BCUT2D eigenvalue weighted by molar-refractivity contribution is 5.75. The van der Waals surface area contributed by atoms with E-state index in [-0.39, 0.29) is 11.3 Å². The summed E-state index contributed by atoms with van der Waals surface area (Å²) in [5, 5.41) is 2.93. The van der Waals surface area contributed by atoms with Crippen LogP contribution in [0.4, 0.5) is 0 Å². The lowest BCUT2D eigenvalue weighted by atomic mass is 9.97. The zero-order valence-electron chi connectivity index (χ0n) is 14.2. The first-order valence-corrected chi connectivity index (χ1v) is 7.80. The van der Waals surface area contributed by atoms with Crippen molar-refractivity contribution in [2.24, 2.45) is 5.41 Å². The molecule has 0 spiro atoms. The molecule has 0 aliphatic rings. The Morgan fingerprint density at radius 3 is 2.73 bits per heavy atom. The molecule has 0 unspecified atom stereocenters. The number of nitrogens with one attached hydrogen (secondary N) is 1. The van der Waals surface area contributed by atoms with Gasteiger partial charge in [-0.05, 0) is 51.3 Å². The molecule has 22 heavy (non-hydrogen) atoms. The van der Waals surface area contributed by atoms with E-state index in [0.717, 1.165) is 30.6 Å². The molecule has 1 N–H and O–H groups in total. The van der Waals surface area contributed by atoms with Crippen LogP contribution >= 0.6 is 0 Å². The van der Waals surface area contributed by atoms with Gasteiger partial charge in [-0.15, -0.1) is 5.92 Å². The van der Waals surface area contributed by atoms with Gasteiger partial charge in [-0.25, -0.2) is 0 Å². The van der Waals surface area contributed by atoms with Gasteiger partial charge in [-0.1, -0.05) is 18.1 Å². The van der Waals surface area contributed by atoms with Crippen molar-refractivity contribution in [1.29, 1.82) is 0 Å². The van der Waals surface area contributed by atoms with Crippen LogP contribution in [0.15, 0.2) is 24.3 Å². The molecule has 0 radical (unpaired) electrons. The maximum absolute atomic E-state index is 11.8. The smallest absolute Gasteiger partial charge is 0.220 e. The molecule has 0 bridgehead atoms. The Hall–Kier alpha value is -1.95. The monoisotopic (exact) mass is 301 g/mol. The summed E-state index contributed by atoms with van der Waals surface area (Å²) in [4.78, 5) is 11.8. The van der Waals surface area contributed by atoms with Gasteiger partial charge in [-0.3, -0.25) is 4.79 Å². The van der Waals surface area contributed by atoms with Crippen molar-refractivity contribution in [3.8, 4) is 17.6 Å². The largest absolute Gasteiger partial charge is 0.497 e. The quantitative estimate of drug-likeness (QED) is 0.612. The third-order valence-electron chi connectivity index (χ3n) is 3.04. The van der Waals surface area contributed by atoms with E-state index in [1.165, 1.54) is 0 Å². The predicted octanol–water partition coefficient (Wildman–Crippen LogP) is 3.92. The number of rotatable bonds is 7. The van der Waals surface area contributed by atoms with Crippen LogP contribution in [-0.2, 0) is 11.3 Å². The molecule has 1 aromatic rings. The van der Waals surface area contributed by atoms with Crippen molar-refractivity contribution in [3.63, 3.8) is 0 Å². The van der Waals surface area contributed by atoms with Gasteiger partial charge in [0.05, 0.1) is 7.11 Å². The Bertz CT molecular complexity index is 532. The van der Waals surface area contributed by atoms with Gasteiger partial charge in [0.1, 0.15) is 5.75 Å². The molecule has 3 nitrogen and oxygen atoms in total. The molecular formula is C19H27NO2. The van der Waals surface area contributed by atoms with Gasteiger partial charge >= 0.3 is 0 Å². The lowest BCUT2D eigenvalue weighted by Gasteiger charge is -2.07. The van der Waals surface area contributed by atoms with Crippen molar-refractivity contribution in [2.75, 3.05) is 7.11 Å².